The first-order valence-corrected chi connectivity index (χ1v) is 11.0. The number of carbonyl (C=O) groups excluding carboxylic acids is 1. The molecule has 2 N–H and O–H groups in total. The lowest BCUT2D eigenvalue weighted by Crippen LogP contribution is -2.45. The van der Waals surface area contributed by atoms with Crippen molar-refractivity contribution in [2.75, 3.05) is 32.8 Å². The molecule has 0 saturated carbocycles. The Balaban J connectivity index is 1.57. The molecule has 0 radical (unpaired) electrons. The van der Waals surface area contributed by atoms with Crippen LogP contribution in [0.3, 0.4) is 0 Å². The summed E-state index contributed by atoms with van der Waals surface area (Å²) in [6, 6.07) is 7.18. The molecule has 1 aromatic carbocycles. The highest BCUT2D eigenvalue weighted by Gasteiger charge is 2.29. The fourth-order valence-corrected chi connectivity index (χ4v) is 4.43. The molecule has 1 aliphatic rings. The second-order valence-electron chi connectivity index (χ2n) is 7.54. The maximum absolute atomic E-state index is 11.7. The van der Waals surface area contributed by atoms with E-state index in [2.05, 4.69) is 17.2 Å². The van der Waals surface area contributed by atoms with Gasteiger partial charge in [-0.3, -0.25) is 4.79 Å². The normalized spacial score (nSPS) is 17.7. The highest BCUT2D eigenvalue weighted by Crippen LogP contribution is 2.41. The summed E-state index contributed by atoms with van der Waals surface area (Å²) < 4.78 is 18.3. The van der Waals surface area contributed by atoms with Crippen molar-refractivity contribution in [1.29, 1.82) is 0 Å². The lowest BCUT2D eigenvalue weighted by atomic mass is 10.1. The summed E-state index contributed by atoms with van der Waals surface area (Å²) in [6.45, 7) is 4.80. The third-order valence-corrected chi connectivity index (χ3v) is 6.37. The second kappa shape index (κ2) is 9.91. The molecule has 0 bridgehead atoms. The standard InChI is InChI=1S/C23H24Cl2N4O4/c1-4-21(30)28-16-12-33-11-15(16)27-20-6-5-17-14(26-20)7-8-29(17)10-13-22(24)18(31-2)9-19(32-3)23(13)25/h4-9,15-16H,1,10-12H2,2-3H3,(H,26,27)(H,28,30). The van der Waals surface area contributed by atoms with Gasteiger partial charge in [0.25, 0.3) is 0 Å². The second-order valence-corrected chi connectivity index (χ2v) is 8.30. The summed E-state index contributed by atoms with van der Waals surface area (Å²) in [5.41, 5.74) is 2.40. The Hall–Kier alpha value is -2.94. The Morgan fingerprint density at radius 2 is 1.91 bits per heavy atom. The van der Waals surface area contributed by atoms with Gasteiger partial charge in [-0.05, 0) is 24.3 Å². The van der Waals surface area contributed by atoms with Crippen molar-refractivity contribution in [2.24, 2.45) is 0 Å². The summed E-state index contributed by atoms with van der Waals surface area (Å²) >= 11 is 13.1. The van der Waals surface area contributed by atoms with Gasteiger partial charge in [-0.2, -0.15) is 0 Å². The molecule has 3 aromatic rings. The van der Waals surface area contributed by atoms with Gasteiger partial charge in [0.2, 0.25) is 5.91 Å². The lowest BCUT2D eigenvalue weighted by Gasteiger charge is -2.20. The molecule has 1 fully saturated rings. The number of carbonyl (C=O) groups is 1. The number of fused-ring (bicyclic) bond motifs is 1. The van der Waals surface area contributed by atoms with Gasteiger partial charge in [-0.15, -0.1) is 0 Å². The topological polar surface area (TPSA) is 86.6 Å². The van der Waals surface area contributed by atoms with Crippen LogP contribution in [0.4, 0.5) is 5.82 Å². The molecule has 33 heavy (non-hydrogen) atoms. The molecule has 8 nitrogen and oxygen atoms in total. The van der Waals surface area contributed by atoms with Gasteiger partial charge >= 0.3 is 0 Å². The Kier molecular flexibility index (Phi) is 6.97. The van der Waals surface area contributed by atoms with Crippen LogP contribution in [0.1, 0.15) is 5.56 Å². The maximum atomic E-state index is 11.7. The highest BCUT2D eigenvalue weighted by molar-refractivity contribution is 6.37. The molecule has 0 aliphatic carbocycles. The largest absolute Gasteiger partial charge is 0.495 e. The average molecular weight is 491 g/mol. The summed E-state index contributed by atoms with van der Waals surface area (Å²) in [5.74, 6) is 1.44. The third-order valence-electron chi connectivity index (χ3n) is 5.54. The Labute approximate surface area is 201 Å². The van der Waals surface area contributed by atoms with Crippen LogP contribution in [0.5, 0.6) is 11.5 Å². The van der Waals surface area contributed by atoms with Crippen LogP contribution in [-0.4, -0.2) is 55.0 Å². The van der Waals surface area contributed by atoms with Gasteiger partial charge in [0, 0.05) is 17.8 Å². The summed E-state index contributed by atoms with van der Waals surface area (Å²) in [6.07, 6.45) is 3.17. The molecular formula is C23H24Cl2N4O4. The first-order valence-electron chi connectivity index (χ1n) is 10.3. The van der Waals surface area contributed by atoms with Crippen molar-refractivity contribution in [1.82, 2.24) is 14.9 Å². The first-order chi connectivity index (χ1) is 15.9. The Morgan fingerprint density at radius 1 is 1.21 bits per heavy atom. The number of hydrogen-bond donors (Lipinski definition) is 2. The maximum Gasteiger partial charge on any atom is 0.243 e. The van der Waals surface area contributed by atoms with Crippen molar-refractivity contribution < 1.29 is 19.0 Å². The van der Waals surface area contributed by atoms with Crippen molar-refractivity contribution in [2.45, 2.75) is 18.6 Å². The van der Waals surface area contributed by atoms with Crippen molar-refractivity contribution >= 4 is 46.0 Å². The molecule has 174 valence electrons. The van der Waals surface area contributed by atoms with E-state index in [0.29, 0.717) is 52.7 Å². The number of halogens is 2. The third kappa shape index (κ3) is 4.73. The smallest absolute Gasteiger partial charge is 0.243 e. The Bertz CT molecular complexity index is 1170. The van der Waals surface area contributed by atoms with E-state index >= 15 is 0 Å². The van der Waals surface area contributed by atoms with Crippen LogP contribution in [-0.2, 0) is 16.1 Å². The van der Waals surface area contributed by atoms with Crippen LogP contribution in [0.2, 0.25) is 10.0 Å². The molecule has 2 aromatic heterocycles. The minimum atomic E-state index is -0.232. The van der Waals surface area contributed by atoms with E-state index in [1.165, 1.54) is 6.08 Å². The molecule has 3 heterocycles. The first kappa shape index (κ1) is 23.2. The van der Waals surface area contributed by atoms with Gasteiger partial charge in [0.15, 0.2) is 0 Å². The van der Waals surface area contributed by atoms with E-state index in [-0.39, 0.29) is 18.0 Å². The number of aromatic nitrogens is 2. The van der Waals surface area contributed by atoms with E-state index in [4.69, 9.17) is 42.4 Å². The number of amides is 1. The molecular weight excluding hydrogens is 467 g/mol. The van der Waals surface area contributed by atoms with Crippen LogP contribution in [0.25, 0.3) is 11.0 Å². The monoisotopic (exact) mass is 490 g/mol. The number of methoxy groups -OCH3 is 2. The molecule has 1 saturated heterocycles. The zero-order valence-corrected chi connectivity index (χ0v) is 19.7. The van der Waals surface area contributed by atoms with Crippen molar-refractivity contribution in [3.63, 3.8) is 0 Å². The molecule has 2 unspecified atom stereocenters. The fraction of sp³-hybridized carbons (Fsp3) is 0.304. The van der Waals surface area contributed by atoms with E-state index in [0.717, 1.165) is 11.0 Å². The Morgan fingerprint density at radius 3 is 2.58 bits per heavy atom. The van der Waals surface area contributed by atoms with Gasteiger partial charge in [0.1, 0.15) is 17.3 Å². The summed E-state index contributed by atoms with van der Waals surface area (Å²) in [4.78, 5) is 16.4. The average Bonchev–Trinajstić information content (AvgIpc) is 3.43. The number of rotatable bonds is 8. The highest BCUT2D eigenvalue weighted by atomic mass is 35.5. The van der Waals surface area contributed by atoms with E-state index in [1.54, 1.807) is 20.3 Å². The minimum Gasteiger partial charge on any atom is -0.495 e. The number of benzene rings is 1. The van der Waals surface area contributed by atoms with Gasteiger partial charge in [-0.25, -0.2) is 4.98 Å². The molecule has 4 rings (SSSR count). The molecule has 10 heteroatoms. The number of pyridine rings is 1. The van der Waals surface area contributed by atoms with E-state index in [1.807, 2.05) is 29.0 Å². The van der Waals surface area contributed by atoms with Gasteiger partial charge in [-0.1, -0.05) is 29.8 Å². The zero-order chi connectivity index (χ0) is 23.5. The number of nitrogens with one attached hydrogen (secondary N) is 2. The van der Waals surface area contributed by atoms with Crippen molar-refractivity contribution in [3.8, 4) is 11.5 Å². The van der Waals surface area contributed by atoms with Gasteiger partial charge < -0.3 is 29.4 Å². The quantitative estimate of drug-likeness (QED) is 0.465. The molecule has 0 spiro atoms. The zero-order valence-electron chi connectivity index (χ0n) is 18.2. The number of nitrogens with zero attached hydrogens (tertiary/aromatic N) is 2. The summed E-state index contributed by atoms with van der Waals surface area (Å²) in [5, 5.41) is 7.10. The fourth-order valence-electron chi connectivity index (χ4n) is 3.81. The lowest BCUT2D eigenvalue weighted by molar-refractivity contribution is -0.117. The van der Waals surface area contributed by atoms with Crippen LogP contribution >= 0.6 is 23.2 Å². The van der Waals surface area contributed by atoms with Crippen LogP contribution in [0, 0.1) is 0 Å². The van der Waals surface area contributed by atoms with E-state index in [9.17, 15) is 4.79 Å². The summed E-state index contributed by atoms with van der Waals surface area (Å²) in [7, 11) is 3.09. The van der Waals surface area contributed by atoms with Crippen LogP contribution < -0.4 is 20.1 Å². The predicted molar refractivity (Wildman–Crippen MR) is 129 cm³/mol. The number of anilines is 1. The van der Waals surface area contributed by atoms with Gasteiger partial charge in [0.05, 0.1) is 67.1 Å². The predicted octanol–water partition coefficient (Wildman–Crippen LogP) is 3.89. The van der Waals surface area contributed by atoms with E-state index < -0.39 is 0 Å². The SMILES string of the molecule is C=CC(=O)NC1COCC1Nc1ccc2c(ccn2Cc2c(Cl)c(OC)cc(OC)c2Cl)n1. The number of hydrogen-bond acceptors (Lipinski definition) is 6. The number of ether oxygens (including phenoxy) is 3. The molecule has 1 aliphatic heterocycles. The minimum absolute atomic E-state index is 0.0946. The molecule has 2 atom stereocenters. The van der Waals surface area contributed by atoms with Crippen molar-refractivity contribution in [3.05, 3.63) is 58.7 Å². The van der Waals surface area contributed by atoms with Crippen LogP contribution in [0.15, 0.2) is 43.1 Å². The molecule has 1 amide bonds.